The summed E-state index contributed by atoms with van der Waals surface area (Å²) in [5, 5.41) is 5.62. The van der Waals surface area contributed by atoms with Gasteiger partial charge in [0.1, 0.15) is 30.1 Å². The fraction of sp³-hybridized carbons (Fsp3) is 0.0645. The molecule has 38 heavy (non-hydrogen) atoms. The van der Waals surface area contributed by atoms with Gasteiger partial charge in [-0.25, -0.2) is 14.5 Å². The lowest BCUT2D eigenvalue weighted by Gasteiger charge is -2.11. The monoisotopic (exact) mass is 497 g/mol. The zero-order chi connectivity index (χ0) is 25.3. The molecule has 4 heterocycles. The number of fused-ring (bicyclic) bond motifs is 3. The molecule has 0 radical (unpaired) electrons. The van der Waals surface area contributed by atoms with E-state index < -0.39 is 0 Å². The molecule has 4 aromatic heterocycles. The van der Waals surface area contributed by atoms with E-state index in [1.165, 1.54) is 0 Å². The predicted octanol–water partition coefficient (Wildman–Crippen LogP) is 6.63. The minimum absolute atomic E-state index is 0.256. The lowest BCUT2D eigenvalue weighted by molar-refractivity contribution is 0.296. The van der Waals surface area contributed by atoms with Gasteiger partial charge < -0.3 is 13.7 Å². The molecule has 0 amide bonds. The summed E-state index contributed by atoms with van der Waals surface area (Å²) in [6.07, 6.45) is 3.42. The standard InChI is InChI=1S/C31H23N5O2/c1-4-11-22(12-5-1)27-28-30(35(19-25-17-10-18-37-25)29(27)23-13-6-2-7-14-23)32-21-36-31(28)33-26(34-36)20-38-24-15-8-3-9-16-24/h1-18,21H,19-20H2. The third-order valence-electron chi connectivity index (χ3n) is 6.54. The van der Waals surface area contributed by atoms with Crippen LogP contribution in [0.1, 0.15) is 11.6 Å². The van der Waals surface area contributed by atoms with E-state index in [2.05, 4.69) is 53.1 Å². The number of para-hydroxylation sites is 1. The molecule has 0 saturated carbocycles. The van der Waals surface area contributed by atoms with Crippen LogP contribution in [0.15, 0.2) is 120 Å². The van der Waals surface area contributed by atoms with Crippen LogP contribution in [0, 0.1) is 0 Å². The second-order valence-electron chi connectivity index (χ2n) is 8.96. The van der Waals surface area contributed by atoms with E-state index in [4.69, 9.17) is 24.2 Å². The summed E-state index contributed by atoms with van der Waals surface area (Å²) in [7, 11) is 0. The maximum Gasteiger partial charge on any atom is 0.189 e. The Kier molecular flexibility index (Phi) is 5.44. The smallest absolute Gasteiger partial charge is 0.189 e. The van der Waals surface area contributed by atoms with E-state index in [1.54, 1.807) is 17.1 Å². The van der Waals surface area contributed by atoms with Gasteiger partial charge in [-0.3, -0.25) is 0 Å². The second-order valence-corrected chi connectivity index (χ2v) is 8.96. The lowest BCUT2D eigenvalue weighted by Crippen LogP contribution is -2.03. The Bertz CT molecular complexity index is 1820. The fourth-order valence-electron chi connectivity index (χ4n) is 4.90. The molecule has 0 N–H and O–H groups in total. The van der Waals surface area contributed by atoms with Gasteiger partial charge in [0, 0.05) is 5.56 Å². The molecule has 0 aliphatic heterocycles. The van der Waals surface area contributed by atoms with Crippen molar-refractivity contribution in [3.05, 3.63) is 127 Å². The molecule has 0 fully saturated rings. The van der Waals surface area contributed by atoms with Crippen LogP contribution in [0.25, 0.3) is 39.1 Å². The minimum Gasteiger partial charge on any atom is -0.486 e. The van der Waals surface area contributed by atoms with Gasteiger partial charge in [-0.1, -0.05) is 78.9 Å². The van der Waals surface area contributed by atoms with Gasteiger partial charge in [0.15, 0.2) is 11.5 Å². The largest absolute Gasteiger partial charge is 0.486 e. The van der Waals surface area contributed by atoms with Crippen LogP contribution >= 0.6 is 0 Å². The Morgan fingerprint density at radius 3 is 2.16 bits per heavy atom. The molecule has 7 aromatic rings. The first-order chi connectivity index (χ1) is 18.8. The highest BCUT2D eigenvalue weighted by Gasteiger charge is 2.25. The number of hydrogen-bond acceptors (Lipinski definition) is 5. The van der Waals surface area contributed by atoms with Crippen molar-refractivity contribution < 1.29 is 9.15 Å². The Morgan fingerprint density at radius 1 is 0.737 bits per heavy atom. The quantitative estimate of drug-likeness (QED) is 0.247. The number of ether oxygens (including phenoxy) is 1. The average molecular weight is 498 g/mol. The third kappa shape index (κ3) is 3.90. The molecule has 0 aliphatic carbocycles. The number of nitrogens with zero attached hydrogens (tertiary/aromatic N) is 5. The van der Waals surface area contributed by atoms with Crippen molar-refractivity contribution in [2.24, 2.45) is 0 Å². The van der Waals surface area contributed by atoms with Gasteiger partial charge in [-0.2, -0.15) is 0 Å². The summed E-state index contributed by atoms with van der Waals surface area (Å²) < 4.78 is 15.6. The first-order valence-electron chi connectivity index (χ1n) is 12.4. The van der Waals surface area contributed by atoms with Gasteiger partial charge >= 0.3 is 0 Å². The topological polar surface area (TPSA) is 70.4 Å². The van der Waals surface area contributed by atoms with Crippen molar-refractivity contribution >= 4 is 16.7 Å². The summed E-state index contributed by atoms with van der Waals surface area (Å²) in [6.45, 7) is 0.786. The van der Waals surface area contributed by atoms with Crippen LogP contribution < -0.4 is 4.74 Å². The van der Waals surface area contributed by atoms with Crippen LogP contribution in [0.3, 0.4) is 0 Å². The summed E-state index contributed by atoms with van der Waals surface area (Å²) in [6, 6.07) is 34.3. The number of aromatic nitrogens is 5. The van der Waals surface area contributed by atoms with Crippen molar-refractivity contribution in [1.82, 2.24) is 24.1 Å². The Balaban J connectivity index is 1.48. The molecule has 0 spiro atoms. The molecular weight excluding hydrogens is 474 g/mol. The molecule has 7 nitrogen and oxygen atoms in total. The Hall–Kier alpha value is -5.17. The predicted molar refractivity (Wildman–Crippen MR) is 146 cm³/mol. The normalized spacial score (nSPS) is 11.4. The molecule has 0 bridgehead atoms. The van der Waals surface area contributed by atoms with Crippen molar-refractivity contribution in [3.8, 4) is 28.1 Å². The third-order valence-corrected chi connectivity index (χ3v) is 6.54. The van der Waals surface area contributed by atoms with E-state index in [1.807, 2.05) is 54.6 Å². The average Bonchev–Trinajstić information content (AvgIpc) is 3.71. The number of benzene rings is 3. The lowest BCUT2D eigenvalue weighted by atomic mass is 9.99. The van der Waals surface area contributed by atoms with Gasteiger partial charge in [-0.05, 0) is 35.4 Å². The summed E-state index contributed by atoms with van der Waals surface area (Å²) in [5.74, 6) is 2.21. The molecule has 0 aliphatic rings. The van der Waals surface area contributed by atoms with Crippen LogP contribution in [0.4, 0.5) is 0 Å². The maximum atomic E-state index is 5.94. The minimum atomic E-state index is 0.256. The van der Waals surface area contributed by atoms with Crippen LogP contribution in [0.2, 0.25) is 0 Å². The van der Waals surface area contributed by atoms with Gasteiger partial charge in [-0.15, -0.1) is 5.10 Å². The maximum absolute atomic E-state index is 5.94. The summed E-state index contributed by atoms with van der Waals surface area (Å²) >= 11 is 0. The van der Waals surface area contributed by atoms with Crippen LogP contribution in [-0.2, 0) is 13.2 Å². The molecule has 0 unspecified atom stereocenters. The molecule has 0 saturated heterocycles. The van der Waals surface area contributed by atoms with E-state index in [0.29, 0.717) is 12.4 Å². The Labute approximate surface area is 218 Å². The van der Waals surface area contributed by atoms with E-state index in [0.717, 1.165) is 50.6 Å². The first-order valence-corrected chi connectivity index (χ1v) is 12.4. The number of rotatable bonds is 7. The van der Waals surface area contributed by atoms with Gasteiger partial charge in [0.2, 0.25) is 0 Å². The number of furan rings is 1. The summed E-state index contributed by atoms with van der Waals surface area (Å²) in [5.41, 5.74) is 5.81. The van der Waals surface area contributed by atoms with E-state index in [9.17, 15) is 0 Å². The molecular formula is C31H23N5O2. The van der Waals surface area contributed by atoms with Crippen molar-refractivity contribution in [2.75, 3.05) is 0 Å². The Morgan fingerprint density at radius 2 is 1.45 bits per heavy atom. The fourth-order valence-corrected chi connectivity index (χ4v) is 4.90. The van der Waals surface area contributed by atoms with E-state index >= 15 is 0 Å². The highest BCUT2D eigenvalue weighted by atomic mass is 16.5. The van der Waals surface area contributed by atoms with Crippen molar-refractivity contribution in [2.45, 2.75) is 13.2 Å². The molecule has 3 aromatic carbocycles. The molecule has 184 valence electrons. The second kappa shape index (κ2) is 9.37. The van der Waals surface area contributed by atoms with Gasteiger partial charge in [0.25, 0.3) is 0 Å². The van der Waals surface area contributed by atoms with Crippen molar-refractivity contribution in [1.29, 1.82) is 0 Å². The zero-order valence-corrected chi connectivity index (χ0v) is 20.4. The van der Waals surface area contributed by atoms with Crippen LogP contribution in [0.5, 0.6) is 5.75 Å². The zero-order valence-electron chi connectivity index (χ0n) is 20.4. The molecule has 7 rings (SSSR count). The van der Waals surface area contributed by atoms with Gasteiger partial charge in [0.05, 0.1) is 23.9 Å². The molecule has 0 atom stereocenters. The molecule has 7 heteroatoms. The highest BCUT2D eigenvalue weighted by molar-refractivity contribution is 6.09. The van der Waals surface area contributed by atoms with Crippen LogP contribution in [-0.4, -0.2) is 24.1 Å². The summed E-state index contributed by atoms with van der Waals surface area (Å²) in [4.78, 5) is 9.83. The first kappa shape index (κ1) is 22.1. The SMILES string of the molecule is c1ccc(OCc2nc3c4c(-c5ccccc5)c(-c5ccccc5)n(Cc5ccco5)c4ncn3n2)cc1. The highest BCUT2D eigenvalue weighted by Crippen LogP contribution is 2.42. The number of hydrogen-bond donors (Lipinski definition) is 0. The van der Waals surface area contributed by atoms with E-state index in [-0.39, 0.29) is 6.61 Å². The van der Waals surface area contributed by atoms with Crippen molar-refractivity contribution in [3.63, 3.8) is 0 Å².